The Morgan fingerprint density at radius 2 is 0.759 bits per heavy atom. The van der Waals surface area contributed by atoms with Gasteiger partial charge in [0.25, 0.3) is 5.56 Å². The summed E-state index contributed by atoms with van der Waals surface area (Å²) in [4.78, 5) is 29.7. The maximum atomic E-state index is 15.2. The third-order valence-corrected chi connectivity index (χ3v) is 20.4. The Morgan fingerprint density at radius 3 is 1.15 bits per heavy atom. The monoisotopic (exact) mass is 1570 g/mol. The molecule has 10 atom stereocenters. The van der Waals surface area contributed by atoms with Crippen LogP contribution < -0.4 is 34.6 Å². The maximum absolute atomic E-state index is 15.2. The van der Waals surface area contributed by atoms with Crippen molar-refractivity contribution in [2.45, 2.75) is 160 Å². The van der Waals surface area contributed by atoms with Gasteiger partial charge >= 0.3 is 0 Å². The van der Waals surface area contributed by atoms with Gasteiger partial charge in [-0.25, -0.2) is 0 Å². The summed E-state index contributed by atoms with van der Waals surface area (Å²) in [5, 5.41) is 3.54. The molecule has 3 heterocycles. The van der Waals surface area contributed by atoms with Gasteiger partial charge in [-0.2, -0.15) is 0 Å². The minimum atomic E-state index is -1.26. The molecule has 0 bridgehead atoms. The number of amides is 1. The summed E-state index contributed by atoms with van der Waals surface area (Å²) in [6.07, 6.45) is -0.0144. The number of fused-ring (bicyclic) bond motifs is 1. The summed E-state index contributed by atoms with van der Waals surface area (Å²) < 4.78 is 104. The van der Waals surface area contributed by atoms with Gasteiger partial charge < -0.3 is 80.9 Å². The summed E-state index contributed by atoms with van der Waals surface area (Å²) >= 11 is 0. The quantitative estimate of drug-likeness (QED) is 0.0280. The largest absolute Gasteiger partial charge is 0.493 e. The van der Waals surface area contributed by atoms with Crippen LogP contribution in [0.15, 0.2) is 284 Å². The van der Waals surface area contributed by atoms with E-state index in [2.05, 4.69) is 12.2 Å². The number of nitrogens with zero attached hydrogens (tertiary/aromatic N) is 1. The number of nitrogens with one attached hydrogen (secondary N) is 1. The molecule has 10 aromatic carbocycles. The van der Waals surface area contributed by atoms with Crippen molar-refractivity contribution in [1.29, 1.82) is 0 Å². The zero-order valence-corrected chi connectivity index (χ0v) is 66.3. The maximum Gasteiger partial charge on any atom is 0.297 e. The standard InChI is InChI=1S/C97H104N2O17/c1-5-6-7-8-9-34-55-106-92-86(115-96-93(111-65-75-47-30-16-31-48-75)90(109-63-73-43-26-14-27-44-73)88(107-61-71-39-22-12-23-40-71)83(113-96)67-104-59-69-35-18-10-19-36-69)79-53-52-78(58-80(79)99(2)95(92)101)98-85(100)54-51-77-56-81(102-3)87(82(57-77)103-4)116-97-94(112-66-76-49-32-17-33-50-76)91(110-64-74-45-28-15-29-46-74)89(108-62-72-41-24-13-25-42-72)84(114-97)68-105-60-70-37-20-11-21-38-70/h10-33,35-54,56-58,83-84,88-91,93-94,96-97H,5-9,34,55,59-68H2,1-4H3,(H,98,100)/b54-51+/t83-,84-,88-,89-,90+,91+,93-,94-,96+,97+/m1/s1. The molecule has 2 aliphatic rings. The lowest BCUT2D eigenvalue weighted by atomic mass is 9.97. The van der Waals surface area contributed by atoms with E-state index < -0.39 is 72.9 Å². The van der Waals surface area contributed by atoms with Gasteiger partial charge in [0.1, 0.15) is 48.8 Å². The summed E-state index contributed by atoms with van der Waals surface area (Å²) in [7, 11) is 4.72. The fourth-order valence-electron chi connectivity index (χ4n) is 14.2. The average Bonchev–Trinajstić information content (AvgIpc) is 0.754. The highest BCUT2D eigenvalue weighted by Crippen LogP contribution is 2.44. The molecule has 116 heavy (non-hydrogen) atoms. The van der Waals surface area contributed by atoms with Crippen molar-refractivity contribution in [3.8, 4) is 28.7 Å². The second-order valence-electron chi connectivity index (χ2n) is 28.8. The first-order valence-electron chi connectivity index (χ1n) is 40.0. The molecule has 2 saturated heterocycles. The Labute approximate surface area is 679 Å². The fourth-order valence-corrected chi connectivity index (χ4v) is 14.2. The van der Waals surface area contributed by atoms with Crippen molar-refractivity contribution in [3.05, 3.63) is 339 Å². The SMILES string of the molecule is CCCCCCCCOc1c(O[C@@H]2O[C@H](COCc3ccccc3)[C@@H](OCc3ccccc3)[C@H](OCc3ccccc3)[C@H]2OCc2ccccc2)c2ccc(NC(=O)/C=C/c3cc(OC)c(O[C@@H]4O[C@H](COCc5ccccc5)[C@@H](OCc5ccccc5)[C@H](OCc5ccccc5)[C@H]4OCc4ccccc4)c(OC)c3)cc2n(C)c1=O. The molecule has 0 aliphatic carbocycles. The molecule has 0 radical (unpaired) electrons. The molecular formula is C97H104N2O17. The van der Waals surface area contributed by atoms with Crippen LogP contribution >= 0.6 is 0 Å². The van der Waals surface area contributed by atoms with Gasteiger partial charge in [-0.1, -0.05) is 282 Å². The highest BCUT2D eigenvalue weighted by Gasteiger charge is 2.52. The van der Waals surface area contributed by atoms with E-state index in [-0.39, 0.29) is 94.8 Å². The Balaban J connectivity index is 0.807. The Bertz CT molecular complexity index is 4820. The van der Waals surface area contributed by atoms with E-state index in [9.17, 15) is 4.79 Å². The van der Waals surface area contributed by atoms with Crippen molar-refractivity contribution in [2.75, 3.05) is 39.4 Å². The number of anilines is 1. The van der Waals surface area contributed by atoms with Gasteiger partial charge in [-0.05, 0) is 92.9 Å². The van der Waals surface area contributed by atoms with E-state index in [1.807, 2.05) is 243 Å². The number of carbonyl (C=O) groups is 1. The Kier molecular flexibility index (Phi) is 31.4. The van der Waals surface area contributed by atoms with Crippen LogP contribution in [0, 0.1) is 0 Å². The molecular weight excluding hydrogens is 1470 g/mol. The van der Waals surface area contributed by atoms with Crippen LogP contribution in [0.2, 0.25) is 0 Å². The van der Waals surface area contributed by atoms with Crippen molar-refractivity contribution >= 4 is 28.6 Å². The van der Waals surface area contributed by atoms with Gasteiger partial charge in [-0.3, -0.25) is 9.59 Å². The molecule has 0 saturated carbocycles. The van der Waals surface area contributed by atoms with E-state index >= 15 is 4.79 Å². The molecule has 2 aliphatic heterocycles. The zero-order chi connectivity index (χ0) is 79.9. The molecule has 0 unspecified atom stereocenters. The number of carbonyl (C=O) groups excluding carboxylic acids is 1. The predicted molar refractivity (Wildman–Crippen MR) is 446 cm³/mol. The summed E-state index contributed by atoms with van der Waals surface area (Å²) in [5.41, 5.74) is 8.44. The van der Waals surface area contributed by atoms with Gasteiger partial charge in [0.15, 0.2) is 17.2 Å². The second-order valence-corrected chi connectivity index (χ2v) is 28.8. The number of rotatable bonds is 43. The molecule has 1 amide bonds. The van der Waals surface area contributed by atoms with E-state index in [0.29, 0.717) is 35.2 Å². The third kappa shape index (κ3) is 23.5. The first-order valence-corrected chi connectivity index (χ1v) is 40.0. The smallest absolute Gasteiger partial charge is 0.297 e. The highest BCUT2D eigenvalue weighted by molar-refractivity contribution is 6.03. The first kappa shape index (κ1) is 83.2. The number of hydrogen-bond acceptors (Lipinski definition) is 17. The zero-order valence-electron chi connectivity index (χ0n) is 66.3. The number of aromatic nitrogens is 1. The van der Waals surface area contributed by atoms with E-state index in [4.69, 9.17) is 71.1 Å². The summed E-state index contributed by atoms with van der Waals surface area (Å²) in [6.45, 7) is 4.41. The minimum Gasteiger partial charge on any atom is -0.493 e. The van der Waals surface area contributed by atoms with Crippen molar-refractivity contribution in [1.82, 2.24) is 4.57 Å². The highest BCUT2D eigenvalue weighted by atomic mass is 16.7. The Hall–Kier alpha value is -10.8. The first-order chi connectivity index (χ1) is 57.1. The van der Waals surface area contributed by atoms with Gasteiger partial charge in [0, 0.05) is 24.2 Å². The third-order valence-electron chi connectivity index (χ3n) is 20.4. The predicted octanol–water partition coefficient (Wildman–Crippen LogP) is 18.1. The van der Waals surface area contributed by atoms with E-state index in [1.165, 1.54) is 24.9 Å². The van der Waals surface area contributed by atoms with Crippen LogP contribution in [0.1, 0.15) is 95.5 Å². The normalized spacial score (nSPS) is 19.3. The topological polar surface area (TPSA) is 190 Å². The lowest BCUT2D eigenvalue weighted by molar-refractivity contribution is -0.310. The molecule has 1 aromatic heterocycles. The molecule has 0 spiro atoms. The summed E-state index contributed by atoms with van der Waals surface area (Å²) in [5.74, 6) is 0.380. The second kappa shape index (κ2) is 43.8. The lowest BCUT2D eigenvalue weighted by Crippen LogP contribution is -2.62. The van der Waals surface area contributed by atoms with Crippen LogP contribution in [0.25, 0.3) is 17.0 Å². The van der Waals surface area contributed by atoms with Crippen LogP contribution in [0.4, 0.5) is 5.69 Å². The molecule has 1 N–H and O–H groups in total. The van der Waals surface area contributed by atoms with E-state index in [0.717, 1.165) is 76.6 Å². The minimum absolute atomic E-state index is 0.00679. The Morgan fingerprint density at radius 1 is 0.405 bits per heavy atom. The molecule has 13 rings (SSSR count). The van der Waals surface area contributed by atoms with Gasteiger partial charge in [-0.15, -0.1) is 0 Å². The van der Waals surface area contributed by atoms with E-state index in [1.54, 1.807) is 43.5 Å². The number of ether oxygens (including phenoxy) is 15. The number of aryl methyl sites for hydroxylation is 1. The molecule has 19 nitrogen and oxygen atoms in total. The molecule has 11 aromatic rings. The van der Waals surface area contributed by atoms with Crippen molar-refractivity contribution < 1.29 is 75.8 Å². The molecule has 604 valence electrons. The van der Waals surface area contributed by atoms with Crippen LogP contribution in [0.5, 0.6) is 28.7 Å². The number of pyridine rings is 1. The van der Waals surface area contributed by atoms with Crippen molar-refractivity contribution in [2.24, 2.45) is 7.05 Å². The fraction of sp³-hybridized carbons (Fsp3) is 0.320. The van der Waals surface area contributed by atoms with Gasteiger partial charge in [0.05, 0.1) is 92.4 Å². The summed E-state index contributed by atoms with van der Waals surface area (Å²) in [6, 6.07) is 88.1. The number of hydrogen-bond donors (Lipinski definition) is 1. The van der Waals surface area contributed by atoms with Crippen LogP contribution in [0.3, 0.4) is 0 Å². The molecule has 19 heteroatoms. The van der Waals surface area contributed by atoms with Gasteiger partial charge in [0.2, 0.25) is 30.0 Å². The average molecular weight is 1570 g/mol. The number of benzene rings is 10. The number of unbranched alkanes of at least 4 members (excludes halogenated alkanes) is 5. The molecule has 2 fully saturated rings. The van der Waals surface area contributed by atoms with Crippen LogP contribution in [-0.2, 0) is 112 Å². The number of methoxy groups -OCH3 is 2. The van der Waals surface area contributed by atoms with Crippen LogP contribution in [-0.4, -0.2) is 106 Å². The van der Waals surface area contributed by atoms with Crippen molar-refractivity contribution in [3.63, 3.8) is 0 Å². The lowest BCUT2D eigenvalue weighted by Gasteiger charge is -2.45.